The molecule has 0 saturated heterocycles. The van der Waals surface area contributed by atoms with E-state index in [0.717, 1.165) is 5.69 Å². The molecule has 0 fully saturated rings. The van der Waals surface area contributed by atoms with E-state index in [9.17, 15) is 0 Å². The molecule has 4 heteroatoms. The molecule has 0 aromatic carbocycles. The van der Waals surface area contributed by atoms with Crippen molar-refractivity contribution in [1.82, 2.24) is 4.98 Å². The first-order valence-corrected chi connectivity index (χ1v) is 9.94. The molecule has 1 rings (SSSR count). The van der Waals surface area contributed by atoms with Crippen LogP contribution in [-0.4, -0.2) is 12.1 Å². The first-order valence-electron chi connectivity index (χ1n) is 2.99. The summed E-state index contributed by atoms with van der Waals surface area (Å²) in [4.78, 5) is 4.01. The van der Waals surface area contributed by atoms with Gasteiger partial charge in [-0.3, -0.25) is 4.98 Å². The fraction of sp³-hybridized carbons (Fsp3) is 0.286. The molecule has 0 aliphatic carbocycles. The Bertz CT molecular complexity index is 207. The number of aromatic nitrogens is 1. The van der Waals surface area contributed by atoms with Gasteiger partial charge >= 0.3 is 30.0 Å². The Morgan fingerprint density at radius 1 is 1.64 bits per heavy atom. The Morgan fingerprint density at radius 2 is 2.27 bits per heavy atom. The molecule has 0 unspecified atom stereocenters. The van der Waals surface area contributed by atoms with Crippen molar-refractivity contribution in [2.45, 2.75) is 6.92 Å². The van der Waals surface area contributed by atoms with Gasteiger partial charge in [0.15, 0.2) is 0 Å². The molecule has 2 nitrogen and oxygen atoms in total. The Balaban J connectivity index is 0.000000461. The van der Waals surface area contributed by atoms with Crippen LogP contribution in [0.25, 0.3) is 0 Å². The Labute approximate surface area is 83.4 Å². The molecule has 1 heterocycles. The number of ether oxygens (including phenoxy) is 1. The molecular formula is C7H8BrNOZn. The van der Waals surface area contributed by atoms with E-state index in [-0.39, 0.29) is 0 Å². The van der Waals surface area contributed by atoms with E-state index in [1.807, 2.05) is 6.92 Å². The number of aryl methyl sites for hydroxylation is 1. The SMILES string of the molecule is COc1cc[c-]c(C)n1.[Zn+][Br]. The van der Waals surface area contributed by atoms with Crippen LogP contribution >= 0.6 is 13.6 Å². The van der Waals surface area contributed by atoms with E-state index in [4.69, 9.17) is 4.74 Å². The third-order valence-electron chi connectivity index (χ3n) is 1.01. The molecule has 0 radical (unpaired) electrons. The topological polar surface area (TPSA) is 22.1 Å². The van der Waals surface area contributed by atoms with Gasteiger partial charge in [-0.2, -0.15) is 0 Å². The van der Waals surface area contributed by atoms with Crippen molar-refractivity contribution in [2.75, 3.05) is 7.11 Å². The van der Waals surface area contributed by atoms with Gasteiger partial charge in [0.05, 0.1) is 7.11 Å². The van der Waals surface area contributed by atoms with Crippen molar-refractivity contribution in [3.05, 3.63) is 23.9 Å². The van der Waals surface area contributed by atoms with Gasteiger partial charge in [-0.05, 0) is 6.92 Å². The monoisotopic (exact) mass is 265 g/mol. The van der Waals surface area contributed by atoms with Gasteiger partial charge in [0.1, 0.15) is 5.88 Å². The number of nitrogens with zero attached hydrogens (tertiary/aromatic N) is 1. The summed E-state index contributed by atoms with van der Waals surface area (Å²) in [5.41, 5.74) is 0.856. The van der Waals surface area contributed by atoms with Crippen LogP contribution in [0.5, 0.6) is 5.88 Å². The van der Waals surface area contributed by atoms with Gasteiger partial charge in [-0.15, -0.1) is 6.07 Å². The number of rotatable bonds is 1. The minimum atomic E-state index is 0.645. The van der Waals surface area contributed by atoms with Crippen molar-refractivity contribution >= 4 is 13.6 Å². The van der Waals surface area contributed by atoms with Crippen LogP contribution in [0.1, 0.15) is 5.69 Å². The Morgan fingerprint density at radius 3 is 2.64 bits per heavy atom. The second-order valence-corrected chi connectivity index (χ2v) is 1.72. The average Bonchev–Trinajstić information content (AvgIpc) is 2.08. The second-order valence-electron chi connectivity index (χ2n) is 1.72. The van der Waals surface area contributed by atoms with Gasteiger partial charge in [0, 0.05) is 0 Å². The van der Waals surface area contributed by atoms with Crippen LogP contribution < -0.4 is 4.74 Å². The molecule has 0 aliphatic rings. The molecule has 0 saturated carbocycles. The standard InChI is InChI=1S/C7H8NO.BrH.Zn/c1-6-4-3-5-7(8-6)9-2;;/h3,5H,1-2H3;1H;/q-1;;+2/p-1. The van der Waals surface area contributed by atoms with Gasteiger partial charge in [0.25, 0.3) is 0 Å². The maximum atomic E-state index is 4.86. The minimum absolute atomic E-state index is 0.645. The summed E-state index contributed by atoms with van der Waals surface area (Å²) in [5.74, 6) is 0.645. The maximum absolute atomic E-state index is 4.86. The van der Waals surface area contributed by atoms with Crippen LogP contribution in [0.15, 0.2) is 12.1 Å². The summed E-state index contributed by atoms with van der Waals surface area (Å²) in [6.07, 6.45) is 0. The van der Waals surface area contributed by atoms with E-state index in [2.05, 4.69) is 24.7 Å². The fourth-order valence-corrected chi connectivity index (χ4v) is 0.582. The number of hydrogen-bond acceptors (Lipinski definition) is 2. The number of methoxy groups -OCH3 is 1. The fourth-order valence-electron chi connectivity index (χ4n) is 0.582. The zero-order chi connectivity index (χ0) is 8.69. The van der Waals surface area contributed by atoms with E-state index in [0.29, 0.717) is 5.88 Å². The van der Waals surface area contributed by atoms with Crippen LogP contribution in [0.3, 0.4) is 0 Å². The Hall–Kier alpha value is 0.0534. The molecule has 0 atom stereocenters. The molecule has 56 valence electrons. The van der Waals surface area contributed by atoms with Gasteiger partial charge in [-0.25, -0.2) is 12.1 Å². The summed E-state index contributed by atoms with van der Waals surface area (Å²) in [6.45, 7) is 1.88. The number of hydrogen-bond donors (Lipinski definition) is 0. The summed E-state index contributed by atoms with van der Waals surface area (Å²) < 4.78 is 4.86. The van der Waals surface area contributed by atoms with E-state index >= 15 is 0 Å². The van der Waals surface area contributed by atoms with Gasteiger partial charge in [0.2, 0.25) is 0 Å². The van der Waals surface area contributed by atoms with Crippen molar-refractivity contribution in [1.29, 1.82) is 0 Å². The molecule has 0 bridgehead atoms. The molecule has 0 amide bonds. The van der Waals surface area contributed by atoms with Crippen LogP contribution in [-0.2, 0) is 16.3 Å². The van der Waals surface area contributed by atoms with Crippen molar-refractivity contribution in [2.24, 2.45) is 0 Å². The average molecular weight is 267 g/mol. The first kappa shape index (κ1) is 11.1. The zero-order valence-electron chi connectivity index (χ0n) is 6.60. The first-order chi connectivity index (χ1) is 5.33. The van der Waals surface area contributed by atoms with Crippen LogP contribution in [0.2, 0.25) is 0 Å². The number of pyridine rings is 1. The Kier molecular flexibility index (Phi) is 6.78. The van der Waals surface area contributed by atoms with Gasteiger partial charge in [-0.1, -0.05) is 5.69 Å². The van der Waals surface area contributed by atoms with Crippen molar-refractivity contribution in [3.63, 3.8) is 0 Å². The third-order valence-corrected chi connectivity index (χ3v) is 1.01. The molecule has 0 aliphatic heterocycles. The van der Waals surface area contributed by atoms with Gasteiger partial charge < -0.3 is 4.74 Å². The third kappa shape index (κ3) is 4.49. The molecule has 11 heavy (non-hydrogen) atoms. The van der Waals surface area contributed by atoms with E-state index in [1.54, 1.807) is 19.2 Å². The molecule has 0 spiro atoms. The quantitative estimate of drug-likeness (QED) is 0.574. The van der Waals surface area contributed by atoms with E-state index < -0.39 is 0 Å². The summed E-state index contributed by atoms with van der Waals surface area (Å²) in [5, 5.41) is 0. The summed E-state index contributed by atoms with van der Waals surface area (Å²) in [6, 6.07) is 6.48. The number of halogens is 1. The predicted octanol–water partition coefficient (Wildman–Crippen LogP) is 2.04. The summed E-state index contributed by atoms with van der Waals surface area (Å²) in [7, 11) is 1.60. The molecule has 1 aromatic rings. The van der Waals surface area contributed by atoms with E-state index in [1.165, 1.54) is 16.3 Å². The zero-order valence-corrected chi connectivity index (χ0v) is 11.1. The molecular weight excluding hydrogens is 259 g/mol. The van der Waals surface area contributed by atoms with Crippen molar-refractivity contribution in [3.8, 4) is 5.88 Å². The normalized spacial score (nSPS) is 8.09. The van der Waals surface area contributed by atoms with Crippen molar-refractivity contribution < 1.29 is 21.1 Å². The predicted molar refractivity (Wildman–Crippen MR) is 43.3 cm³/mol. The second kappa shape index (κ2) is 6.74. The summed E-state index contributed by atoms with van der Waals surface area (Å²) >= 11 is 4.25. The molecule has 1 aromatic heterocycles. The van der Waals surface area contributed by atoms with Crippen LogP contribution in [0.4, 0.5) is 0 Å². The molecule has 0 N–H and O–H groups in total. The van der Waals surface area contributed by atoms with Crippen LogP contribution in [0, 0.1) is 13.0 Å².